The third-order valence-electron chi connectivity index (χ3n) is 3.92. The Morgan fingerprint density at radius 2 is 1.96 bits per heavy atom. The lowest BCUT2D eigenvalue weighted by atomic mass is 9.98. The predicted molar refractivity (Wildman–Crippen MR) is 90.8 cm³/mol. The molecule has 4 nitrogen and oxygen atoms in total. The van der Waals surface area contributed by atoms with Crippen LogP contribution >= 0.6 is 11.8 Å². The molecule has 3 rings (SSSR count). The highest BCUT2D eigenvalue weighted by molar-refractivity contribution is 8.01. The van der Waals surface area contributed by atoms with Crippen LogP contribution in [0.15, 0.2) is 53.4 Å². The third-order valence-corrected chi connectivity index (χ3v) is 5.24. The van der Waals surface area contributed by atoms with Gasteiger partial charge in [0.15, 0.2) is 0 Å². The number of carboxylic acid groups (broad SMARTS) is 1. The zero-order valence-corrected chi connectivity index (χ0v) is 13.8. The van der Waals surface area contributed by atoms with Crippen LogP contribution in [0, 0.1) is 5.82 Å². The topological polar surface area (TPSA) is 57.6 Å². The molecular formula is C18H16FNO3S. The smallest absolute Gasteiger partial charge is 0.323 e. The van der Waals surface area contributed by atoms with Crippen LogP contribution in [0.2, 0.25) is 0 Å². The maximum absolute atomic E-state index is 13.6. The zero-order valence-electron chi connectivity index (χ0n) is 13.0. The van der Waals surface area contributed by atoms with E-state index in [1.54, 1.807) is 6.92 Å². The first-order valence-corrected chi connectivity index (χ1v) is 8.27. The highest BCUT2D eigenvalue weighted by Gasteiger charge is 2.44. The second-order valence-electron chi connectivity index (χ2n) is 5.89. The average molecular weight is 345 g/mol. The fourth-order valence-electron chi connectivity index (χ4n) is 2.86. The van der Waals surface area contributed by atoms with Crippen molar-refractivity contribution in [2.45, 2.75) is 23.0 Å². The van der Waals surface area contributed by atoms with Gasteiger partial charge in [0.1, 0.15) is 17.1 Å². The highest BCUT2D eigenvalue weighted by Crippen LogP contribution is 2.46. The number of nitrogens with zero attached hydrogens (tertiary/aromatic N) is 1. The van der Waals surface area contributed by atoms with Crippen molar-refractivity contribution in [3.05, 3.63) is 59.9 Å². The van der Waals surface area contributed by atoms with Crippen molar-refractivity contribution in [3.8, 4) is 0 Å². The molecular weight excluding hydrogens is 329 g/mol. The second-order valence-corrected chi connectivity index (χ2v) is 7.44. The van der Waals surface area contributed by atoms with Gasteiger partial charge in [0.05, 0.1) is 5.69 Å². The van der Waals surface area contributed by atoms with Crippen molar-refractivity contribution in [1.29, 1.82) is 0 Å². The van der Waals surface area contributed by atoms with E-state index >= 15 is 0 Å². The summed E-state index contributed by atoms with van der Waals surface area (Å²) in [5.74, 6) is -1.79. The summed E-state index contributed by atoms with van der Waals surface area (Å²) in [6, 6.07) is 13.6. The van der Waals surface area contributed by atoms with Gasteiger partial charge in [0.2, 0.25) is 5.91 Å². The number of rotatable bonds is 4. The van der Waals surface area contributed by atoms with E-state index in [-0.39, 0.29) is 5.91 Å². The maximum Gasteiger partial charge on any atom is 0.323 e. The third kappa shape index (κ3) is 3.14. The molecule has 1 unspecified atom stereocenters. The molecule has 0 saturated carbocycles. The maximum atomic E-state index is 13.6. The number of fused-ring (bicyclic) bond motifs is 1. The number of hydrogen-bond donors (Lipinski definition) is 1. The lowest BCUT2D eigenvalue weighted by Crippen LogP contribution is -2.51. The average Bonchev–Trinajstić information content (AvgIpc) is 2.52. The number of carbonyl (C=O) groups is 2. The van der Waals surface area contributed by atoms with E-state index in [4.69, 9.17) is 5.11 Å². The second kappa shape index (κ2) is 6.28. The molecule has 0 fully saturated rings. The summed E-state index contributed by atoms with van der Waals surface area (Å²) in [4.78, 5) is 26.0. The van der Waals surface area contributed by atoms with Gasteiger partial charge < -0.3 is 5.11 Å². The molecule has 1 atom stereocenters. The summed E-state index contributed by atoms with van der Waals surface area (Å²) in [5, 5.41) is 9.15. The Kier molecular flexibility index (Phi) is 4.32. The van der Waals surface area contributed by atoms with Gasteiger partial charge in [-0.3, -0.25) is 14.5 Å². The van der Waals surface area contributed by atoms with Gasteiger partial charge >= 0.3 is 5.97 Å². The number of halogens is 1. The molecule has 1 aliphatic rings. The molecule has 0 aromatic heterocycles. The minimum absolute atomic E-state index is 0.280. The molecule has 2 aromatic carbocycles. The van der Waals surface area contributed by atoms with Gasteiger partial charge in [0, 0.05) is 4.90 Å². The van der Waals surface area contributed by atoms with Crippen molar-refractivity contribution < 1.29 is 19.1 Å². The standard InChI is InChI=1S/C18H16FNO3S/c1-18(10-12-5-3-2-4-6-12)17(23)20(11-16(21)22)14-8-7-13(19)9-15(14)24-18/h2-9H,10-11H2,1H3,(H,21,22). The Morgan fingerprint density at radius 1 is 1.25 bits per heavy atom. The van der Waals surface area contributed by atoms with Crippen molar-refractivity contribution in [2.24, 2.45) is 0 Å². The number of thioether (sulfide) groups is 1. The van der Waals surface area contributed by atoms with Crippen molar-refractivity contribution >= 4 is 29.3 Å². The fourth-order valence-corrected chi connectivity index (χ4v) is 4.24. The molecule has 0 saturated heterocycles. The van der Waals surface area contributed by atoms with E-state index in [1.807, 2.05) is 30.3 Å². The van der Waals surface area contributed by atoms with Crippen LogP contribution in [0.4, 0.5) is 10.1 Å². The summed E-state index contributed by atoms with van der Waals surface area (Å²) in [5.41, 5.74) is 1.41. The van der Waals surface area contributed by atoms with Crippen LogP contribution < -0.4 is 4.90 Å². The van der Waals surface area contributed by atoms with Crippen molar-refractivity contribution in [3.63, 3.8) is 0 Å². The van der Waals surface area contributed by atoms with Gasteiger partial charge in [-0.2, -0.15) is 0 Å². The molecule has 0 aliphatic carbocycles. The number of hydrogen-bond acceptors (Lipinski definition) is 3. The molecule has 124 valence electrons. The summed E-state index contributed by atoms with van der Waals surface area (Å²) in [6.07, 6.45) is 0.434. The Bertz CT molecular complexity index is 796. The van der Waals surface area contributed by atoms with E-state index < -0.39 is 23.1 Å². The number of carbonyl (C=O) groups excluding carboxylic acids is 1. The van der Waals surface area contributed by atoms with Gasteiger partial charge in [-0.15, -0.1) is 11.8 Å². The molecule has 1 heterocycles. The molecule has 0 radical (unpaired) electrons. The summed E-state index contributed by atoms with van der Waals surface area (Å²) < 4.78 is 12.7. The van der Waals surface area contributed by atoms with Crippen LogP contribution in [0.5, 0.6) is 0 Å². The minimum atomic E-state index is -1.10. The van der Waals surface area contributed by atoms with Crippen LogP contribution in [0.1, 0.15) is 12.5 Å². The Labute approximate surface area is 143 Å². The SMILES string of the molecule is CC1(Cc2ccccc2)Sc2cc(F)ccc2N(CC(=O)O)C1=O. The lowest BCUT2D eigenvalue weighted by Gasteiger charge is -2.39. The molecule has 2 aromatic rings. The Morgan fingerprint density at radius 3 is 2.62 bits per heavy atom. The van der Waals surface area contributed by atoms with Crippen LogP contribution in [0.3, 0.4) is 0 Å². The van der Waals surface area contributed by atoms with Gasteiger partial charge in [-0.25, -0.2) is 4.39 Å². The number of carboxylic acids is 1. The lowest BCUT2D eigenvalue weighted by molar-refractivity contribution is -0.137. The summed E-state index contributed by atoms with van der Waals surface area (Å²) >= 11 is 1.28. The monoisotopic (exact) mass is 345 g/mol. The van der Waals surface area contributed by atoms with E-state index in [0.717, 1.165) is 5.56 Å². The molecule has 0 bridgehead atoms. The number of benzene rings is 2. The fraction of sp³-hybridized carbons (Fsp3) is 0.222. The van der Waals surface area contributed by atoms with E-state index in [9.17, 15) is 14.0 Å². The van der Waals surface area contributed by atoms with Gasteiger partial charge in [-0.1, -0.05) is 30.3 Å². The molecule has 1 aliphatic heterocycles. The number of anilines is 1. The summed E-state index contributed by atoms with van der Waals surface area (Å²) in [6.45, 7) is 1.33. The highest BCUT2D eigenvalue weighted by atomic mass is 32.2. The van der Waals surface area contributed by atoms with Crippen LogP contribution in [0.25, 0.3) is 0 Å². The first-order chi connectivity index (χ1) is 11.4. The van der Waals surface area contributed by atoms with E-state index in [0.29, 0.717) is 17.0 Å². The molecule has 1 N–H and O–H groups in total. The predicted octanol–water partition coefficient (Wildman–Crippen LogP) is 3.35. The first-order valence-electron chi connectivity index (χ1n) is 7.45. The number of amides is 1. The molecule has 24 heavy (non-hydrogen) atoms. The van der Waals surface area contributed by atoms with Crippen molar-refractivity contribution in [2.75, 3.05) is 11.4 Å². The molecule has 6 heteroatoms. The molecule has 0 spiro atoms. The normalized spacial score (nSPS) is 19.9. The number of aliphatic carboxylic acids is 1. The zero-order chi connectivity index (χ0) is 17.3. The molecule has 1 amide bonds. The van der Waals surface area contributed by atoms with Crippen LogP contribution in [-0.2, 0) is 16.0 Å². The van der Waals surface area contributed by atoms with Crippen molar-refractivity contribution in [1.82, 2.24) is 0 Å². The Hall–Kier alpha value is -2.34. The van der Waals surface area contributed by atoms with Gasteiger partial charge in [-0.05, 0) is 37.1 Å². The van der Waals surface area contributed by atoms with Gasteiger partial charge in [0.25, 0.3) is 0 Å². The summed E-state index contributed by atoms with van der Waals surface area (Å²) in [7, 11) is 0. The van der Waals surface area contributed by atoms with E-state index in [2.05, 4.69) is 0 Å². The van der Waals surface area contributed by atoms with E-state index in [1.165, 1.54) is 34.9 Å². The minimum Gasteiger partial charge on any atom is -0.480 e. The Balaban J connectivity index is 2.02. The first kappa shape index (κ1) is 16.5. The quantitative estimate of drug-likeness (QED) is 0.923. The largest absolute Gasteiger partial charge is 0.480 e. The van der Waals surface area contributed by atoms with Crippen LogP contribution in [-0.4, -0.2) is 28.3 Å².